The molecule has 3 unspecified atom stereocenters. The first kappa shape index (κ1) is 46.7. The Balaban J connectivity index is 4.23. The van der Waals surface area contributed by atoms with Crippen molar-refractivity contribution in [2.75, 3.05) is 26.4 Å². The molecule has 0 aliphatic heterocycles. The smallest absolute Gasteiger partial charge is 0.472 e. The molecule has 0 aromatic carbocycles. The number of aliphatic carboxylic acids is 1. The van der Waals surface area contributed by atoms with Crippen molar-refractivity contribution in [1.29, 1.82) is 0 Å². The molecule has 4 N–H and O–H groups in total. The average molecular weight is 706 g/mol. The fourth-order valence-electron chi connectivity index (χ4n) is 5.24. The van der Waals surface area contributed by atoms with Gasteiger partial charge in [-0.1, -0.05) is 142 Å². The molecule has 0 radical (unpaired) electrons. The number of phosphoric ester groups is 1. The number of carbonyl (C=O) groups is 2. The highest BCUT2D eigenvalue weighted by Gasteiger charge is 2.27. The summed E-state index contributed by atoms with van der Waals surface area (Å²) >= 11 is 0. The SMILES string of the molecule is CCCCCCCCC/C=C\CCCCCCCCOCC(COP(=O)(O)OCC(N)C(=O)O)OC(=O)CCCCCCCCCCC. The van der Waals surface area contributed by atoms with Gasteiger partial charge in [0.25, 0.3) is 0 Å². The topological polar surface area (TPSA) is 155 Å². The summed E-state index contributed by atoms with van der Waals surface area (Å²) < 4.78 is 33.1. The molecule has 0 spiro atoms. The van der Waals surface area contributed by atoms with Crippen LogP contribution in [0.5, 0.6) is 0 Å². The van der Waals surface area contributed by atoms with Gasteiger partial charge < -0.3 is 25.2 Å². The minimum Gasteiger partial charge on any atom is -0.480 e. The lowest BCUT2D eigenvalue weighted by atomic mass is 10.1. The second-order valence-electron chi connectivity index (χ2n) is 13.1. The molecule has 0 aromatic rings. The van der Waals surface area contributed by atoms with Crippen LogP contribution < -0.4 is 5.73 Å². The standard InChI is InChI=1S/C37H72NO9P/c1-3-5-7-9-11-13-14-15-16-17-18-19-20-22-24-26-28-30-44-31-34(32-45-48(42,43)46-33-35(38)37(40)41)47-36(39)29-27-25-23-21-12-10-8-6-4-2/h16-17,34-35H,3-15,18-33,38H2,1-2H3,(H,40,41)(H,42,43)/b17-16-. The Bertz CT molecular complexity index is 827. The number of nitrogens with two attached hydrogens (primary N) is 1. The molecule has 0 fully saturated rings. The number of carboxylic acids is 1. The van der Waals surface area contributed by atoms with Gasteiger partial charge in [-0.15, -0.1) is 0 Å². The lowest BCUT2D eigenvalue weighted by molar-refractivity contribution is -0.154. The van der Waals surface area contributed by atoms with E-state index in [9.17, 15) is 19.0 Å². The van der Waals surface area contributed by atoms with Crippen LogP contribution in [0.1, 0.15) is 174 Å². The van der Waals surface area contributed by atoms with Gasteiger partial charge in [0, 0.05) is 13.0 Å². The van der Waals surface area contributed by atoms with Gasteiger partial charge in [-0.25, -0.2) is 4.57 Å². The van der Waals surface area contributed by atoms with Crippen molar-refractivity contribution in [3.8, 4) is 0 Å². The normalized spacial score (nSPS) is 14.2. The molecule has 0 aliphatic carbocycles. The number of esters is 1. The number of carbonyl (C=O) groups excluding carboxylic acids is 1. The Morgan fingerprint density at radius 1 is 0.646 bits per heavy atom. The summed E-state index contributed by atoms with van der Waals surface area (Å²) in [5.41, 5.74) is 5.33. The maximum atomic E-state index is 12.5. The molecule has 284 valence electrons. The fraction of sp³-hybridized carbons (Fsp3) is 0.892. The lowest BCUT2D eigenvalue weighted by Gasteiger charge is -2.20. The lowest BCUT2D eigenvalue weighted by Crippen LogP contribution is -2.34. The summed E-state index contributed by atoms with van der Waals surface area (Å²) in [6.45, 7) is 3.84. The van der Waals surface area contributed by atoms with Crippen molar-refractivity contribution >= 4 is 19.8 Å². The van der Waals surface area contributed by atoms with E-state index in [2.05, 4.69) is 30.5 Å². The first-order chi connectivity index (χ1) is 23.2. The summed E-state index contributed by atoms with van der Waals surface area (Å²) in [7, 11) is -4.60. The van der Waals surface area contributed by atoms with Gasteiger partial charge in [0.15, 0.2) is 0 Å². The van der Waals surface area contributed by atoms with Gasteiger partial charge in [-0.2, -0.15) is 0 Å². The summed E-state index contributed by atoms with van der Waals surface area (Å²) in [5, 5.41) is 8.85. The van der Waals surface area contributed by atoms with E-state index < -0.39 is 45.1 Å². The van der Waals surface area contributed by atoms with Crippen LogP contribution in [0, 0.1) is 0 Å². The third kappa shape index (κ3) is 33.2. The predicted molar refractivity (Wildman–Crippen MR) is 194 cm³/mol. The number of hydrogen-bond donors (Lipinski definition) is 3. The largest absolute Gasteiger partial charge is 0.480 e. The van der Waals surface area contributed by atoms with Crippen LogP contribution in [0.3, 0.4) is 0 Å². The zero-order valence-electron chi connectivity index (χ0n) is 30.6. The second kappa shape index (κ2) is 34.2. The number of unbranched alkanes of at least 4 members (excludes halogenated alkanes) is 21. The van der Waals surface area contributed by atoms with Crippen LogP contribution in [-0.2, 0) is 32.7 Å². The zero-order chi connectivity index (χ0) is 35.6. The molecule has 0 rings (SSSR count). The number of allylic oxidation sites excluding steroid dienone is 2. The highest BCUT2D eigenvalue weighted by Crippen LogP contribution is 2.43. The molecule has 48 heavy (non-hydrogen) atoms. The average Bonchev–Trinajstić information content (AvgIpc) is 3.06. The summed E-state index contributed by atoms with van der Waals surface area (Å²) in [6.07, 6.45) is 32.7. The predicted octanol–water partition coefficient (Wildman–Crippen LogP) is 9.81. The molecule has 11 heteroatoms. The second-order valence-corrected chi connectivity index (χ2v) is 14.5. The molecule has 3 atom stereocenters. The first-order valence-electron chi connectivity index (χ1n) is 19.2. The Morgan fingerprint density at radius 2 is 1.08 bits per heavy atom. The fourth-order valence-corrected chi connectivity index (χ4v) is 6.02. The molecule has 0 saturated heterocycles. The van der Waals surface area contributed by atoms with E-state index in [1.54, 1.807) is 0 Å². The van der Waals surface area contributed by atoms with Gasteiger partial charge in [0.2, 0.25) is 0 Å². The van der Waals surface area contributed by atoms with E-state index >= 15 is 0 Å². The summed E-state index contributed by atoms with van der Waals surface area (Å²) in [5.74, 6) is -1.78. The minimum absolute atomic E-state index is 0.0172. The van der Waals surface area contributed by atoms with Gasteiger partial charge >= 0.3 is 19.8 Å². The van der Waals surface area contributed by atoms with Crippen molar-refractivity contribution in [1.82, 2.24) is 0 Å². The Hall–Kier alpha value is -1.29. The Morgan fingerprint density at radius 3 is 1.58 bits per heavy atom. The summed E-state index contributed by atoms with van der Waals surface area (Å²) in [4.78, 5) is 33.3. The molecule has 10 nitrogen and oxygen atoms in total. The van der Waals surface area contributed by atoms with Crippen LogP contribution in [0.4, 0.5) is 0 Å². The summed E-state index contributed by atoms with van der Waals surface area (Å²) in [6, 6.07) is -1.47. The maximum absolute atomic E-state index is 12.5. The third-order valence-corrected chi connectivity index (χ3v) is 9.25. The van der Waals surface area contributed by atoms with E-state index in [1.807, 2.05) is 0 Å². The highest BCUT2D eigenvalue weighted by molar-refractivity contribution is 7.47. The molecule has 0 heterocycles. The number of carboxylic acid groups (broad SMARTS) is 1. The van der Waals surface area contributed by atoms with E-state index in [0.717, 1.165) is 44.9 Å². The van der Waals surface area contributed by atoms with Crippen LogP contribution >= 0.6 is 7.82 Å². The van der Waals surface area contributed by atoms with E-state index in [0.29, 0.717) is 13.0 Å². The first-order valence-corrected chi connectivity index (χ1v) is 20.7. The quantitative estimate of drug-likeness (QED) is 0.0246. The van der Waals surface area contributed by atoms with E-state index in [-0.39, 0.29) is 13.0 Å². The number of rotatable bonds is 37. The maximum Gasteiger partial charge on any atom is 0.472 e. The number of hydrogen-bond acceptors (Lipinski definition) is 8. The third-order valence-electron chi connectivity index (χ3n) is 8.29. The molecule has 0 amide bonds. The Kier molecular flexibility index (Phi) is 33.3. The van der Waals surface area contributed by atoms with E-state index in [4.69, 9.17) is 24.8 Å². The molecule has 0 bridgehead atoms. The monoisotopic (exact) mass is 705 g/mol. The van der Waals surface area contributed by atoms with Crippen LogP contribution in [0.2, 0.25) is 0 Å². The molecule has 0 aliphatic rings. The van der Waals surface area contributed by atoms with Gasteiger partial charge in [-0.3, -0.25) is 18.6 Å². The number of ether oxygens (including phenoxy) is 2. The molecule has 0 aromatic heterocycles. The van der Waals surface area contributed by atoms with Gasteiger partial charge in [0.05, 0.1) is 19.8 Å². The zero-order valence-corrected chi connectivity index (χ0v) is 31.5. The van der Waals surface area contributed by atoms with Crippen molar-refractivity contribution in [3.05, 3.63) is 12.2 Å². The van der Waals surface area contributed by atoms with Gasteiger partial charge in [-0.05, 0) is 38.5 Å². The van der Waals surface area contributed by atoms with Crippen molar-refractivity contribution in [2.24, 2.45) is 5.73 Å². The van der Waals surface area contributed by atoms with Crippen molar-refractivity contribution < 1.29 is 42.7 Å². The number of phosphoric acid groups is 1. The van der Waals surface area contributed by atoms with Crippen LogP contribution in [0.25, 0.3) is 0 Å². The van der Waals surface area contributed by atoms with E-state index in [1.165, 1.54) is 103 Å². The molecular weight excluding hydrogens is 633 g/mol. The Labute approximate surface area is 292 Å². The molecule has 0 saturated carbocycles. The minimum atomic E-state index is -4.60. The molecular formula is C37H72NO9P. The van der Waals surface area contributed by atoms with Crippen molar-refractivity contribution in [3.63, 3.8) is 0 Å². The highest BCUT2D eigenvalue weighted by atomic mass is 31.2. The van der Waals surface area contributed by atoms with Crippen LogP contribution in [0.15, 0.2) is 12.2 Å². The van der Waals surface area contributed by atoms with Crippen LogP contribution in [-0.4, -0.2) is 60.5 Å². The van der Waals surface area contributed by atoms with Gasteiger partial charge in [0.1, 0.15) is 12.1 Å². The van der Waals surface area contributed by atoms with Crippen molar-refractivity contribution in [2.45, 2.75) is 187 Å².